The van der Waals surface area contributed by atoms with Gasteiger partial charge in [-0.25, -0.2) is 0 Å². The largest absolute Gasteiger partial charge is 0.309 e. The van der Waals surface area contributed by atoms with Crippen molar-refractivity contribution in [2.75, 3.05) is 0 Å². The van der Waals surface area contributed by atoms with E-state index >= 15 is 0 Å². The number of para-hydroxylation sites is 1. The highest BCUT2D eigenvalue weighted by Gasteiger charge is 2.17. The zero-order valence-corrected chi connectivity index (χ0v) is 18.1. The molecule has 156 valence electrons. The van der Waals surface area contributed by atoms with Crippen molar-refractivity contribution in [3.8, 4) is 0 Å². The number of hydrogen-bond acceptors (Lipinski definition) is 6. The van der Waals surface area contributed by atoms with Gasteiger partial charge in [0, 0.05) is 20.0 Å². The second kappa shape index (κ2) is 7.99. The zero-order valence-electron chi connectivity index (χ0n) is 17.3. The number of aromatic nitrogens is 7. The molecular formula is C22H21N7OS. The third-order valence-electron chi connectivity index (χ3n) is 5.35. The third kappa shape index (κ3) is 3.40. The summed E-state index contributed by atoms with van der Waals surface area (Å²) in [4.78, 5) is 12.8. The summed E-state index contributed by atoms with van der Waals surface area (Å²) < 4.78 is 5.64. The monoisotopic (exact) mass is 431 g/mol. The van der Waals surface area contributed by atoms with Crippen LogP contribution in [0.2, 0.25) is 0 Å². The van der Waals surface area contributed by atoms with E-state index in [1.165, 1.54) is 5.56 Å². The van der Waals surface area contributed by atoms with E-state index in [9.17, 15) is 4.79 Å². The van der Waals surface area contributed by atoms with E-state index in [1.807, 2.05) is 65.4 Å². The van der Waals surface area contributed by atoms with Crippen LogP contribution in [-0.4, -0.2) is 33.9 Å². The van der Waals surface area contributed by atoms with E-state index in [0.717, 1.165) is 28.7 Å². The second-order valence-corrected chi connectivity index (χ2v) is 8.17. The zero-order chi connectivity index (χ0) is 21.4. The first-order valence-electron chi connectivity index (χ1n) is 10.1. The van der Waals surface area contributed by atoms with Gasteiger partial charge in [0.2, 0.25) is 5.78 Å². The molecule has 0 aliphatic rings. The van der Waals surface area contributed by atoms with Crippen LogP contribution in [0.4, 0.5) is 0 Å². The normalized spacial score (nSPS) is 11.5. The van der Waals surface area contributed by atoms with Crippen LogP contribution in [-0.2, 0) is 25.8 Å². The summed E-state index contributed by atoms with van der Waals surface area (Å²) in [7, 11) is 1.98. The Balaban J connectivity index is 1.47. The van der Waals surface area contributed by atoms with E-state index in [2.05, 4.69) is 32.5 Å². The highest BCUT2D eigenvalue weighted by atomic mass is 32.2. The number of thioether (sulfide) groups is 1. The van der Waals surface area contributed by atoms with Gasteiger partial charge in [-0.1, -0.05) is 54.2 Å². The molecule has 8 nitrogen and oxygen atoms in total. The van der Waals surface area contributed by atoms with Crippen molar-refractivity contribution in [2.24, 2.45) is 7.05 Å². The lowest BCUT2D eigenvalue weighted by Crippen LogP contribution is -2.22. The van der Waals surface area contributed by atoms with Crippen molar-refractivity contribution < 1.29 is 0 Å². The Kier molecular flexibility index (Phi) is 5.03. The van der Waals surface area contributed by atoms with E-state index in [4.69, 9.17) is 0 Å². The maximum atomic E-state index is 12.8. The molecule has 0 fully saturated rings. The van der Waals surface area contributed by atoms with E-state index in [1.54, 1.807) is 16.3 Å². The molecule has 0 amide bonds. The standard InChI is InChI=1S/C22H21N7OS/c1-3-28-20(30)16-11-7-8-12-17(16)29-19(24-25-21(28)29)14-31-22-26-23-18(27(22)2)13-15-9-5-4-6-10-15/h4-12H,3,13-14H2,1-2H3. The van der Waals surface area contributed by atoms with Crippen LogP contribution < -0.4 is 5.56 Å². The van der Waals surface area contributed by atoms with Crippen LogP contribution in [0.15, 0.2) is 64.5 Å². The Morgan fingerprint density at radius 2 is 1.65 bits per heavy atom. The lowest BCUT2D eigenvalue weighted by Gasteiger charge is -2.09. The average Bonchev–Trinajstić information content (AvgIpc) is 3.37. The van der Waals surface area contributed by atoms with Gasteiger partial charge in [0.05, 0.1) is 16.7 Å². The Morgan fingerprint density at radius 3 is 2.45 bits per heavy atom. The number of fused-ring (bicyclic) bond motifs is 3. The Morgan fingerprint density at radius 1 is 0.903 bits per heavy atom. The molecule has 0 aliphatic carbocycles. The number of nitrogens with zero attached hydrogens (tertiary/aromatic N) is 7. The minimum atomic E-state index is -0.0453. The molecule has 31 heavy (non-hydrogen) atoms. The van der Waals surface area contributed by atoms with Crippen LogP contribution in [0.3, 0.4) is 0 Å². The van der Waals surface area contributed by atoms with Gasteiger partial charge in [-0.05, 0) is 24.6 Å². The van der Waals surface area contributed by atoms with Crippen molar-refractivity contribution in [1.29, 1.82) is 0 Å². The highest BCUT2D eigenvalue weighted by Crippen LogP contribution is 2.23. The predicted molar refractivity (Wildman–Crippen MR) is 120 cm³/mol. The maximum Gasteiger partial charge on any atom is 0.262 e. The van der Waals surface area contributed by atoms with Gasteiger partial charge in [-0.3, -0.25) is 13.8 Å². The molecule has 0 radical (unpaired) electrons. The molecule has 0 saturated carbocycles. The highest BCUT2D eigenvalue weighted by molar-refractivity contribution is 7.98. The van der Waals surface area contributed by atoms with Crippen LogP contribution in [0.1, 0.15) is 24.1 Å². The average molecular weight is 432 g/mol. The summed E-state index contributed by atoms with van der Waals surface area (Å²) in [5.41, 5.74) is 1.97. The summed E-state index contributed by atoms with van der Waals surface area (Å²) in [6, 6.07) is 17.8. The summed E-state index contributed by atoms with van der Waals surface area (Å²) in [6.07, 6.45) is 0.728. The minimum absolute atomic E-state index is 0.0453. The van der Waals surface area contributed by atoms with E-state index in [-0.39, 0.29) is 5.56 Å². The lowest BCUT2D eigenvalue weighted by molar-refractivity contribution is 0.734. The second-order valence-electron chi connectivity index (χ2n) is 7.23. The Labute approximate surface area is 182 Å². The van der Waals surface area contributed by atoms with Gasteiger partial charge >= 0.3 is 0 Å². The molecule has 0 bridgehead atoms. The van der Waals surface area contributed by atoms with Gasteiger partial charge in [-0.2, -0.15) is 0 Å². The van der Waals surface area contributed by atoms with Crippen LogP contribution in [0.5, 0.6) is 0 Å². The number of benzene rings is 2. The summed E-state index contributed by atoms with van der Waals surface area (Å²) in [5.74, 6) is 2.80. The van der Waals surface area contributed by atoms with Gasteiger partial charge in [0.25, 0.3) is 5.56 Å². The summed E-state index contributed by atoms with van der Waals surface area (Å²) in [5, 5.41) is 18.9. The molecular weight excluding hydrogens is 410 g/mol. The molecule has 0 atom stereocenters. The predicted octanol–water partition coefficient (Wildman–Crippen LogP) is 3.08. The molecule has 0 saturated heterocycles. The van der Waals surface area contributed by atoms with Gasteiger partial charge in [0.1, 0.15) is 11.6 Å². The molecule has 5 aromatic rings. The van der Waals surface area contributed by atoms with Crippen molar-refractivity contribution in [3.05, 3.63) is 82.2 Å². The minimum Gasteiger partial charge on any atom is -0.309 e. The van der Waals surface area contributed by atoms with E-state index < -0.39 is 0 Å². The van der Waals surface area contributed by atoms with Crippen LogP contribution >= 0.6 is 11.8 Å². The first-order valence-corrected chi connectivity index (χ1v) is 11.1. The summed E-state index contributed by atoms with van der Waals surface area (Å²) in [6.45, 7) is 2.47. The van der Waals surface area contributed by atoms with Crippen molar-refractivity contribution >= 4 is 28.4 Å². The van der Waals surface area contributed by atoms with Gasteiger partial charge < -0.3 is 4.57 Å². The lowest BCUT2D eigenvalue weighted by atomic mass is 10.1. The van der Waals surface area contributed by atoms with Crippen LogP contribution in [0, 0.1) is 0 Å². The Bertz CT molecular complexity index is 1440. The smallest absolute Gasteiger partial charge is 0.262 e. The maximum absolute atomic E-state index is 12.8. The summed E-state index contributed by atoms with van der Waals surface area (Å²) >= 11 is 1.56. The molecule has 0 spiro atoms. The first-order chi connectivity index (χ1) is 15.2. The molecule has 9 heteroatoms. The number of hydrogen-bond donors (Lipinski definition) is 0. The fraction of sp³-hybridized carbons (Fsp3) is 0.227. The number of aryl methyl sites for hydroxylation is 1. The van der Waals surface area contributed by atoms with Crippen molar-refractivity contribution in [2.45, 2.75) is 30.8 Å². The topological polar surface area (TPSA) is 82.9 Å². The molecule has 0 unspecified atom stereocenters. The molecule has 3 aromatic heterocycles. The molecule has 0 N–H and O–H groups in total. The van der Waals surface area contributed by atoms with Crippen molar-refractivity contribution in [3.63, 3.8) is 0 Å². The number of rotatable bonds is 6. The SMILES string of the molecule is CCn1c(=O)c2ccccc2n2c(CSc3nnc(Cc4ccccc4)n3C)nnc12. The quantitative estimate of drug-likeness (QED) is 0.384. The van der Waals surface area contributed by atoms with E-state index in [0.29, 0.717) is 23.5 Å². The molecule has 3 heterocycles. The van der Waals surface area contributed by atoms with Crippen LogP contribution in [0.25, 0.3) is 16.7 Å². The molecule has 5 rings (SSSR count). The molecule has 2 aromatic carbocycles. The first kappa shape index (κ1) is 19.5. The third-order valence-corrected chi connectivity index (χ3v) is 6.37. The fourth-order valence-electron chi connectivity index (χ4n) is 3.73. The Hall–Kier alpha value is -3.46. The van der Waals surface area contributed by atoms with Gasteiger partial charge in [-0.15, -0.1) is 20.4 Å². The van der Waals surface area contributed by atoms with Crippen molar-refractivity contribution in [1.82, 2.24) is 33.9 Å². The van der Waals surface area contributed by atoms with Gasteiger partial charge in [0.15, 0.2) is 5.16 Å². The fourth-order valence-corrected chi connectivity index (χ4v) is 4.57. The molecule has 0 aliphatic heterocycles.